The van der Waals surface area contributed by atoms with Crippen molar-refractivity contribution < 1.29 is 9.13 Å². The van der Waals surface area contributed by atoms with E-state index in [1.165, 1.54) is 13.2 Å². The third kappa shape index (κ3) is 3.52. The van der Waals surface area contributed by atoms with Gasteiger partial charge in [0.25, 0.3) is 0 Å². The molecular formula is C15H14Br2FNO. The van der Waals surface area contributed by atoms with Gasteiger partial charge in [0.15, 0.2) is 0 Å². The van der Waals surface area contributed by atoms with Crippen LogP contribution in [0.1, 0.15) is 18.5 Å². The lowest BCUT2D eigenvalue weighted by atomic mass is 10.1. The maximum Gasteiger partial charge on any atom is 0.132 e. The minimum atomic E-state index is -0.280. The average molecular weight is 403 g/mol. The van der Waals surface area contributed by atoms with Crippen molar-refractivity contribution in [2.75, 3.05) is 12.4 Å². The molecule has 2 rings (SSSR count). The summed E-state index contributed by atoms with van der Waals surface area (Å²) in [6.45, 7) is 1.92. The number of halogens is 3. The Labute approximate surface area is 134 Å². The monoisotopic (exact) mass is 401 g/mol. The number of anilines is 1. The standard InChI is InChI=1S/C15H14Br2FNO/c1-9(12-5-4-11(20-2)8-14(12)18)19-15-6-3-10(16)7-13(15)17/h3-9,19H,1-2H3. The first kappa shape index (κ1) is 15.3. The first-order chi connectivity index (χ1) is 9.51. The highest BCUT2D eigenvalue weighted by Crippen LogP contribution is 2.30. The van der Waals surface area contributed by atoms with Gasteiger partial charge >= 0.3 is 0 Å². The van der Waals surface area contributed by atoms with Crippen LogP contribution in [0.15, 0.2) is 45.3 Å². The van der Waals surface area contributed by atoms with Crippen LogP contribution in [-0.4, -0.2) is 7.11 Å². The van der Waals surface area contributed by atoms with Gasteiger partial charge < -0.3 is 10.1 Å². The molecule has 0 amide bonds. The second-order valence-electron chi connectivity index (χ2n) is 4.38. The van der Waals surface area contributed by atoms with E-state index in [1.807, 2.05) is 25.1 Å². The Hall–Kier alpha value is -1.07. The predicted molar refractivity (Wildman–Crippen MR) is 86.8 cm³/mol. The van der Waals surface area contributed by atoms with E-state index in [0.29, 0.717) is 11.3 Å². The van der Waals surface area contributed by atoms with Crippen molar-refractivity contribution in [1.82, 2.24) is 0 Å². The summed E-state index contributed by atoms with van der Waals surface area (Å²) in [6, 6.07) is 10.5. The van der Waals surface area contributed by atoms with Gasteiger partial charge in [-0.3, -0.25) is 0 Å². The summed E-state index contributed by atoms with van der Waals surface area (Å²) in [7, 11) is 1.52. The molecule has 0 heterocycles. The molecule has 1 N–H and O–H groups in total. The number of hydrogen-bond donors (Lipinski definition) is 1. The molecule has 0 saturated heterocycles. The molecule has 0 aliphatic carbocycles. The molecule has 2 aromatic rings. The molecule has 0 aliphatic rings. The number of ether oxygens (including phenoxy) is 1. The second kappa shape index (κ2) is 6.59. The minimum Gasteiger partial charge on any atom is -0.497 e. The molecule has 1 unspecified atom stereocenters. The lowest BCUT2D eigenvalue weighted by Crippen LogP contribution is -2.09. The largest absolute Gasteiger partial charge is 0.497 e. The van der Waals surface area contributed by atoms with Gasteiger partial charge in [-0.2, -0.15) is 0 Å². The van der Waals surface area contributed by atoms with Crippen LogP contribution in [0.5, 0.6) is 5.75 Å². The summed E-state index contributed by atoms with van der Waals surface area (Å²) in [6.07, 6.45) is 0. The van der Waals surface area contributed by atoms with E-state index in [1.54, 1.807) is 12.1 Å². The van der Waals surface area contributed by atoms with E-state index < -0.39 is 0 Å². The third-order valence-corrected chi connectivity index (χ3v) is 4.13. The summed E-state index contributed by atoms with van der Waals surface area (Å²) >= 11 is 6.89. The van der Waals surface area contributed by atoms with Gasteiger partial charge in [0.2, 0.25) is 0 Å². The van der Waals surface area contributed by atoms with Gasteiger partial charge in [0.05, 0.1) is 13.2 Å². The van der Waals surface area contributed by atoms with E-state index in [0.717, 1.165) is 14.6 Å². The normalized spacial score (nSPS) is 12.1. The van der Waals surface area contributed by atoms with Crippen molar-refractivity contribution in [3.05, 3.63) is 56.7 Å². The minimum absolute atomic E-state index is 0.154. The maximum atomic E-state index is 14.0. The van der Waals surface area contributed by atoms with Crippen LogP contribution >= 0.6 is 31.9 Å². The van der Waals surface area contributed by atoms with Gasteiger partial charge in [0.1, 0.15) is 11.6 Å². The van der Waals surface area contributed by atoms with Crippen molar-refractivity contribution in [1.29, 1.82) is 0 Å². The number of methoxy groups -OCH3 is 1. The molecule has 2 nitrogen and oxygen atoms in total. The van der Waals surface area contributed by atoms with Gasteiger partial charge in [-0.1, -0.05) is 22.0 Å². The summed E-state index contributed by atoms with van der Waals surface area (Å²) in [4.78, 5) is 0. The Morgan fingerprint density at radius 2 is 1.90 bits per heavy atom. The zero-order chi connectivity index (χ0) is 14.7. The van der Waals surface area contributed by atoms with Gasteiger partial charge in [-0.05, 0) is 47.1 Å². The van der Waals surface area contributed by atoms with Crippen LogP contribution in [0, 0.1) is 5.82 Å². The van der Waals surface area contributed by atoms with Crippen molar-refractivity contribution in [3.8, 4) is 5.75 Å². The lowest BCUT2D eigenvalue weighted by molar-refractivity contribution is 0.410. The number of nitrogens with one attached hydrogen (secondary N) is 1. The highest BCUT2D eigenvalue weighted by molar-refractivity contribution is 9.11. The molecule has 0 saturated carbocycles. The fraction of sp³-hybridized carbons (Fsp3) is 0.200. The first-order valence-electron chi connectivity index (χ1n) is 6.06. The number of rotatable bonds is 4. The van der Waals surface area contributed by atoms with Crippen LogP contribution in [0.3, 0.4) is 0 Å². The van der Waals surface area contributed by atoms with Gasteiger partial charge in [0, 0.05) is 26.3 Å². The van der Waals surface area contributed by atoms with Crippen LogP contribution in [0.2, 0.25) is 0 Å². The van der Waals surface area contributed by atoms with Crippen LogP contribution in [0.4, 0.5) is 10.1 Å². The van der Waals surface area contributed by atoms with E-state index in [4.69, 9.17) is 4.74 Å². The predicted octanol–water partition coefficient (Wildman–Crippen LogP) is 5.53. The fourth-order valence-electron chi connectivity index (χ4n) is 1.90. The van der Waals surface area contributed by atoms with E-state index in [9.17, 15) is 4.39 Å². The highest BCUT2D eigenvalue weighted by atomic mass is 79.9. The van der Waals surface area contributed by atoms with Gasteiger partial charge in [-0.25, -0.2) is 4.39 Å². The molecule has 20 heavy (non-hydrogen) atoms. The fourth-order valence-corrected chi connectivity index (χ4v) is 3.07. The second-order valence-corrected chi connectivity index (χ2v) is 6.15. The lowest BCUT2D eigenvalue weighted by Gasteiger charge is -2.18. The Morgan fingerprint density at radius 1 is 1.15 bits per heavy atom. The van der Waals surface area contributed by atoms with Gasteiger partial charge in [-0.15, -0.1) is 0 Å². The SMILES string of the molecule is COc1ccc(C(C)Nc2ccc(Br)cc2Br)c(F)c1. The molecule has 0 radical (unpaired) electrons. The van der Waals surface area contributed by atoms with Crippen molar-refractivity contribution in [2.24, 2.45) is 0 Å². The van der Waals surface area contributed by atoms with E-state index >= 15 is 0 Å². The smallest absolute Gasteiger partial charge is 0.132 e. The summed E-state index contributed by atoms with van der Waals surface area (Å²) < 4.78 is 20.9. The van der Waals surface area contributed by atoms with Crippen LogP contribution in [0.25, 0.3) is 0 Å². The maximum absolute atomic E-state index is 14.0. The topological polar surface area (TPSA) is 21.3 Å². The molecule has 0 spiro atoms. The molecule has 0 aliphatic heterocycles. The molecule has 106 valence electrons. The molecule has 5 heteroatoms. The first-order valence-corrected chi connectivity index (χ1v) is 7.65. The zero-order valence-electron chi connectivity index (χ0n) is 11.1. The molecule has 1 atom stereocenters. The Balaban J connectivity index is 2.21. The summed E-state index contributed by atoms with van der Waals surface area (Å²) in [5, 5.41) is 3.28. The van der Waals surface area contributed by atoms with Crippen molar-refractivity contribution in [3.63, 3.8) is 0 Å². The molecule has 2 aromatic carbocycles. The van der Waals surface area contributed by atoms with Crippen molar-refractivity contribution in [2.45, 2.75) is 13.0 Å². The third-order valence-electron chi connectivity index (χ3n) is 2.98. The van der Waals surface area contributed by atoms with Crippen LogP contribution < -0.4 is 10.1 Å². The van der Waals surface area contributed by atoms with Crippen LogP contribution in [-0.2, 0) is 0 Å². The van der Waals surface area contributed by atoms with Crippen molar-refractivity contribution >= 4 is 37.5 Å². The quantitative estimate of drug-likeness (QED) is 0.725. The Kier molecular flexibility index (Phi) is 5.05. The van der Waals surface area contributed by atoms with E-state index in [-0.39, 0.29) is 11.9 Å². The zero-order valence-corrected chi connectivity index (χ0v) is 14.3. The molecule has 0 bridgehead atoms. The number of benzene rings is 2. The number of hydrogen-bond acceptors (Lipinski definition) is 2. The Bertz CT molecular complexity index is 619. The van der Waals surface area contributed by atoms with E-state index in [2.05, 4.69) is 37.2 Å². The highest BCUT2D eigenvalue weighted by Gasteiger charge is 2.13. The molecule has 0 fully saturated rings. The average Bonchev–Trinajstić information content (AvgIpc) is 2.41. The Morgan fingerprint density at radius 3 is 2.50 bits per heavy atom. The molecule has 0 aromatic heterocycles. The summed E-state index contributed by atoms with van der Waals surface area (Å²) in [5.41, 5.74) is 1.51. The molecular weight excluding hydrogens is 389 g/mol. The summed E-state index contributed by atoms with van der Waals surface area (Å²) in [5.74, 6) is 0.237.